The van der Waals surface area contributed by atoms with Crippen molar-refractivity contribution in [2.45, 2.75) is 24.3 Å². The zero-order valence-electron chi connectivity index (χ0n) is 15.6. The smallest absolute Gasteiger partial charge is 0.408 e. The van der Waals surface area contributed by atoms with Crippen molar-refractivity contribution in [2.75, 3.05) is 13.3 Å². The highest BCUT2D eigenvalue weighted by atomic mass is 79.9. The Morgan fingerprint density at radius 1 is 0.800 bits per heavy atom. The molecule has 160 valence electrons. The fourth-order valence-corrected chi connectivity index (χ4v) is 3.61. The molecular weight excluding hydrogens is 527 g/mol. The van der Waals surface area contributed by atoms with Gasteiger partial charge >= 0.3 is 12.2 Å². The molecule has 7 nitrogen and oxygen atoms in total. The summed E-state index contributed by atoms with van der Waals surface area (Å²) >= 11 is 6.63. The van der Waals surface area contributed by atoms with Crippen molar-refractivity contribution < 1.29 is 28.6 Å². The highest BCUT2D eigenvalue weighted by Gasteiger charge is 2.35. The summed E-state index contributed by atoms with van der Waals surface area (Å²) in [5.74, 6) is 0. The quantitative estimate of drug-likeness (QED) is 0.536. The van der Waals surface area contributed by atoms with Crippen LogP contribution in [0.3, 0.4) is 0 Å². The van der Waals surface area contributed by atoms with Gasteiger partial charge < -0.3 is 25.2 Å². The van der Waals surface area contributed by atoms with Gasteiger partial charge in [0.05, 0.1) is 12.6 Å². The molecule has 2 aliphatic heterocycles. The molecule has 2 saturated heterocycles. The monoisotopic (exact) mass is 544 g/mol. The predicted octanol–water partition coefficient (Wildman–Crippen LogP) is 4.16. The second-order valence-corrected chi connectivity index (χ2v) is 8.42. The number of aliphatic hydroxyl groups excluding tert-OH is 1. The Labute approximate surface area is 189 Å². The standard InChI is InChI=1S/C10H9BrFNO2.C10H10BrNO3/c11-7-3-1-6(2-4-7)9-8(5-12)13-10(14)15-9;11-7-3-1-6(2-4-7)9-8(5-13)12-10(14)15-9/h1-4,8-9H,5H2,(H,13,14);1-4,8-9,13H,5H2,(H,12,14)/t2*8-,9-/m11/s1. The summed E-state index contributed by atoms with van der Waals surface area (Å²) in [6, 6.07) is 13.8. The van der Waals surface area contributed by atoms with Gasteiger partial charge in [0.2, 0.25) is 0 Å². The number of cyclic esters (lactones) is 2. The fraction of sp³-hybridized carbons (Fsp3) is 0.300. The molecule has 2 fully saturated rings. The molecule has 2 aromatic rings. The fourth-order valence-electron chi connectivity index (χ4n) is 3.08. The van der Waals surface area contributed by atoms with Crippen LogP contribution < -0.4 is 10.6 Å². The van der Waals surface area contributed by atoms with Gasteiger partial charge in [-0.2, -0.15) is 0 Å². The van der Waals surface area contributed by atoms with Crippen molar-refractivity contribution in [1.82, 2.24) is 10.6 Å². The van der Waals surface area contributed by atoms with Gasteiger partial charge in [0.25, 0.3) is 0 Å². The van der Waals surface area contributed by atoms with Crippen LogP contribution in [0.25, 0.3) is 0 Å². The topological polar surface area (TPSA) is 96.9 Å². The van der Waals surface area contributed by atoms with E-state index in [0.717, 1.165) is 20.1 Å². The Kier molecular flexibility index (Phi) is 7.68. The normalized spacial score (nSPS) is 24.8. The number of carbonyl (C=O) groups excluding carboxylic acids is 2. The van der Waals surface area contributed by atoms with Gasteiger partial charge in [-0.1, -0.05) is 56.1 Å². The van der Waals surface area contributed by atoms with Crippen molar-refractivity contribution in [2.24, 2.45) is 0 Å². The zero-order chi connectivity index (χ0) is 21.7. The highest BCUT2D eigenvalue weighted by Crippen LogP contribution is 2.28. The number of benzene rings is 2. The number of aliphatic hydroxyl groups is 1. The molecular formula is C20H19Br2FN2O5. The molecule has 4 atom stereocenters. The molecule has 2 heterocycles. The van der Waals surface area contributed by atoms with Crippen molar-refractivity contribution in [1.29, 1.82) is 0 Å². The molecule has 0 aliphatic carbocycles. The highest BCUT2D eigenvalue weighted by molar-refractivity contribution is 9.10. The van der Waals surface area contributed by atoms with E-state index in [1.807, 2.05) is 36.4 Å². The van der Waals surface area contributed by atoms with Gasteiger partial charge in [-0.25, -0.2) is 14.0 Å². The number of amides is 2. The minimum Gasteiger partial charge on any atom is -0.439 e. The van der Waals surface area contributed by atoms with E-state index in [-0.39, 0.29) is 12.6 Å². The Morgan fingerprint density at radius 3 is 1.60 bits per heavy atom. The molecule has 2 amide bonds. The summed E-state index contributed by atoms with van der Waals surface area (Å²) in [5.41, 5.74) is 1.66. The average Bonchev–Trinajstić information content (AvgIpc) is 3.31. The molecule has 0 saturated carbocycles. The number of hydrogen-bond donors (Lipinski definition) is 3. The van der Waals surface area contributed by atoms with Crippen LogP contribution in [-0.4, -0.2) is 42.7 Å². The van der Waals surface area contributed by atoms with Gasteiger partial charge in [-0.3, -0.25) is 0 Å². The Bertz CT molecular complexity index is 808. The number of carbonyl (C=O) groups is 2. The van der Waals surface area contributed by atoms with Crippen LogP contribution >= 0.6 is 31.9 Å². The van der Waals surface area contributed by atoms with Crippen molar-refractivity contribution in [3.05, 3.63) is 68.6 Å². The maximum absolute atomic E-state index is 12.6. The zero-order valence-corrected chi connectivity index (χ0v) is 18.7. The molecule has 4 rings (SSSR count). The second kappa shape index (κ2) is 10.2. The first-order valence-electron chi connectivity index (χ1n) is 9.03. The van der Waals surface area contributed by atoms with Crippen LogP contribution in [0.15, 0.2) is 57.5 Å². The van der Waals surface area contributed by atoms with Gasteiger partial charge in [0.1, 0.15) is 12.7 Å². The summed E-state index contributed by atoms with van der Waals surface area (Å²) in [5, 5.41) is 14.0. The maximum Gasteiger partial charge on any atom is 0.408 e. The van der Waals surface area contributed by atoms with Crippen molar-refractivity contribution in [3.63, 3.8) is 0 Å². The average molecular weight is 546 g/mol. The predicted molar refractivity (Wildman–Crippen MR) is 114 cm³/mol. The van der Waals surface area contributed by atoms with E-state index in [9.17, 15) is 14.0 Å². The molecule has 2 aromatic carbocycles. The number of hydrogen-bond acceptors (Lipinski definition) is 5. The van der Waals surface area contributed by atoms with Crippen LogP contribution in [0.2, 0.25) is 0 Å². The second-order valence-electron chi connectivity index (χ2n) is 6.59. The largest absolute Gasteiger partial charge is 0.439 e. The molecule has 3 N–H and O–H groups in total. The molecule has 0 spiro atoms. The molecule has 0 bridgehead atoms. The minimum atomic E-state index is -0.632. The van der Waals surface area contributed by atoms with Crippen LogP contribution in [0.5, 0.6) is 0 Å². The van der Waals surface area contributed by atoms with E-state index in [1.165, 1.54) is 0 Å². The Balaban J connectivity index is 0.000000171. The lowest BCUT2D eigenvalue weighted by Gasteiger charge is -2.14. The SMILES string of the molecule is O=C1N[C@H](CF)[C@@H](c2ccc(Br)cc2)O1.O=C1N[C@H](CO)[C@@H](c2ccc(Br)cc2)O1. The van der Waals surface area contributed by atoms with E-state index in [4.69, 9.17) is 14.6 Å². The summed E-state index contributed by atoms with van der Waals surface area (Å²) < 4.78 is 24.5. The molecule has 0 aromatic heterocycles. The number of rotatable bonds is 4. The third kappa shape index (κ3) is 5.50. The minimum absolute atomic E-state index is 0.132. The third-order valence-corrected chi connectivity index (χ3v) is 5.62. The third-order valence-electron chi connectivity index (χ3n) is 4.57. The van der Waals surface area contributed by atoms with Crippen LogP contribution in [-0.2, 0) is 9.47 Å². The Hall–Kier alpha value is -2.17. The summed E-state index contributed by atoms with van der Waals surface area (Å²) in [4.78, 5) is 22.0. The molecule has 2 aliphatic rings. The first kappa shape index (κ1) is 22.5. The van der Waals surface area contributed by atoms with Gasteiger partial charge in [0, 0.05) is 8.95 Å². The summed E-state index contributed by atoms with van der Waals surface area (Å²) in [6.45, 7) is -0.765. The summed E-state index contributed by atoms with van der Waals surface area (Å²) in [7, 11) is 0. The van der Waals surface area contributed by atoms with Crippen molar-refractivity contribution in [3.8, 4) is 0 Å². The molecule has 0 unspecified atom stereocenters. The lowest BCUT2D eigenvalue weighted by atomic mass is 10.0. The first-order valence-corrected chi connectivity index (χ1v) is 10.6. The summed E-state index contributed by atoms with van der Waals surface area (Å²) in [6.07, 6.45) is -1.99. The maximum atomic E-state index is 12.6. The number of alkyl carbamates (subject to hydrolysis) is 2. The number of ether oxygens (including phenoxy) is 2. The molecule has 30 heavy (non-hydrogen) atoms. The number of halogens is 3. The lowest BCUT2D eigenvalue weighted by molar-refractivity contribution is 0.119. The van der Waals surface area contributed by atoms with Gasteiger partial charge in [-0.05, 0) is 35.4 Å². The van der Waals surface area contributed by atoms with Crippen LogP contribution in [0.4, 0.5) is 14.0 Å². The van der Waals surface area contributed by atoms with Crippen LogP contribution in [0, 0.1) is 0 Å². The van der Waals surface area contributed by atoms with E-state index in [1.54, 1.807) is 12.1 Å². The first-order chi connectivity index (χ1) is 14.4. The number of alkyl halides is 1. The lowest BCUT2D eigenvalue weighted by Crippen LogP contribution is -2.31. The molecule has 0 radical (unpaired) electrons. The molecule has 10 heteroatoms. The van der Waals surface area contributed by atoms with E-state index in [0.29, 0.717) is 0 Å². The Morgan fingerprint density at radius 2 is 1.20 bits per heavy atom. The van der Waals surface area contributed by atoms with E-state index in [2.05, 4.69) is 42.5 Å². The van der Waals surface area contributed by atoms with E-state index < -0.39 is 37.1 Å². The van der Waals surface area contributed by atoms with Gasteiger partial charge in [0.15, 0.2) is 12.2 Å². The van der Waals surface area contributed by atoms with Crippen molar-refractivity contribution >= 4 is 44.0 Å². The van der Waals surface area contributed by atoms with Gasteiger partial charge in [-0.15, -0.1) is 0 Å². The number of nitrogens with one attached hydrogen (secondary N) is 2. The van der Waals surface area contributed by atoms with E-state index >= 15 is 0 Å². The van der Waals surface area contributed by atoms with Crippen LogP contribution in [0.1, 0.15) is 23.3 Å².